The Morgan fingerprint density at radius 1 is 1.62 bits per heavy atom. The van der Waals surface area contributed by atoms with Gasteiger partial charge in [0.15, 0.2) is 6.29 Å². The molecule has 0 bridgehead atoms. The third-order valence-corrected chi connectivity index (χ3v) is 1.61. The molecule has 0 amide bonds. The second-order valence-corrected chi connectivity index (χ2v) is 3.02. The van der Waals surface area contributed by atoms with Gasteiger partial charge in [-0.25, -0.2) is 0 Å². The molecule has 1 rings (SSSR count). The predicted octanol–water partition coefficient (Wildman–Crippen LogP) is 1.42. The summed E-state index contributed by atoms with van der Waals surface area (Å²) in [4.78, 5) is 12.6. The average Bonchev–Trinajstić information content (AvgIpc) is 2.58. The van der Waals surface area contributed by atoms with Crippen molar-refractivity contribution < 1.29 is 9.21 Å². The van der Waals surface area contributed by atoms with Crippen LogP contribution in [0, 0.1) is 0 Å². The van der Waals surface area contributed by atoms with Crippen LogP contribution in [0.15, 0.2) is 28.9 Å². The van der Waals surface area contributed by atoms with E-state index in [-0.39, 0.29) is 0 Å². The molecule has 0 saturated heterocycles. The maximum Gasteiger partial charge on any atom is 0.153 e. The molecular weight excluding hydrogens is 166 g/mol. The zero-order valence-corrected chi connectivity index (χ0v) is 7.86. The van der Waals surface area contributed by atoms with Crippen LogP contribution in [0.5, 0.6) is 0 Å². The molecule has 0 spiro atoms. The Morgan fingerprint density at radius 2 is 2.38 bits per heavy atom. The first-order valence-electron chi connectivity index (χ1n) is 4.08. The molecule has 13 heavy (non-hydrogen) atoms. The van der Waals surface area contributed by atoms with E-state index in [0.717, 1.165) is 12.8 Å². The van der Waals surface area contributed by atoms with Gasteiger partial charge >= 0.3 is 0 Å². The van der Waals surface area contributed by atoms with Gasteiger partial charge < -0.3 is 9.32 Å². The maximum atomic E-state index is 10.7. The molecular formula is C10H13NO2. The minimum atomic E-state index is 0.596. The summed E-state index contributed by atoms with van der Waals surface area (Å²) in [7, 11) is 3.89. The molecule has 0 aromatic carbocycles. The number of aldehydes is 1. The van der Waals surface area contributed by atoms with E-state index in [4.69, 9.17) is 4.42 Å². The van der Waals surface area contributed by atoms with Gasteiger partial charge in [0.05, 0.1) is 11.8 Å². The monoisotopic (exact) mass is 179 g/mol. The Balaban J connectivity index is 2.74. The number of carbonyl (C=O) groups excluding carboxylic acids is 1. The minimum Gasteiger partial charge on any atom is -0.464 e. The molecule has 1 heterocycles. The number of likely N-dealkylation sites (N-methyl/N-ethyl adjacent to an activating group) is 1. The topological polar surface area (TPSA) is 33.5 Å². The van der Waals surface area contributed by atoms with Gasteiger partial charge in [-0.15, -0.1) is 0 Å². The lowest BCUT2D eigenvalue weighted by Crippen LogP contribution is -2.11. The van der Waals surface area contributed by atoms with Gasteiger partial charge in [0.2, 0.25) is 0 Å². The van der Waals surface area contributed by atoms with E-state index in [0.29, 0.717) is 11.3 Å². The normalized spacial score (nSPS) is 12.1. The van der Waals surface area contributed by atoms with Gasteiger partial charge in [-0.3, -0.25) is 4.79 Å². The zero-order chi connectivity index (χ0) is 9.68. The summed E-state index contributed by atoms with van der Waals surface area (Å²) >= 11 is 0. The SMILES string of the molecule is CN(C)C/C=C(/C=O)c1ccco1. The van der Waals surface area contributed by atoms with Crippen molar-refractivity contribution in [2.45, 2.75) is 0 Å². The third-order valence-electron chi connectivity index (χ3n) is 1.61. The first-order chi connectivity index (χ1) is 6.24. The number of furan rings is 1. The Morgan fingerprint density at radius 3 is 2.85 bits per heavy atom. The van der Waals surface area contributed by atoms with Gasteiger partial charge in [0.1, 0.15) is 5.76 Å². The summed E-state index contributed by atoms with van der Waals surface area (Å²) in [6, 6.07) is 3.54. The minimum absolute atomic E-state index is 0.596. The highest BCUT2D eigenvalue weighted by atomic mass is 16.3. The van der Waals surface area contributed by atoms with Gasteiger partial charge in [-0.2, -0.15) is 0 Å². The predicted molar refractivity (Wildman–Crippen MR) is 51.3 cm³/mol. The van der Waals surface area contributed by atoms with E-state index in [1.807, 2.05) is 25.1 Å². The van der Waals surface area contributed by atoms with Crippen LogP contribution < -0.4 is 0 Å². The van der Waals surface area contributed by atoms with E-state index in [2.05, 4.69) is 0 Å². The molecule has 0 atom stereocenters. The Labute approximate surface area is 77.6 Å². The fourth-order valence-corrected chi connectivity index (χ4v) is 0.931. The van der Waals surface area contributed by atoms with Crippen LogP contribution in [0.25, 0.3) is 5.57 Å². The quantitative estimate of drug-likeness (QED) is 0.517. The highest BCUT2D eigenvalue weighted by Crippen LogP contribution is 2.11. The molecule has 0 aliphatic rings. The summed E-state index contributed by atoms with van der Waals surface area (Å²) in [5.41, 5.74) is 0.596. The van der Waals surface area contributed by atoms with E-state index >= 15 is 0 Å². The average molecular weight is 179 g/mol. The standard InChI is InChI=1S/C10H13NO2/c1-11(2)6-5-9(8-12)10-4-3-7-13-10/h3-5,7-8H,6H2,1-2H3/b9-5-. The van der Waals surface area contributed by atoms with E-state index < -0.39 is 0 Å². The van der Waals surface area contributed by atoms with Crippen LogP contribution in [0.2, 0.25) is 0 Å². The number of allylic oxidation sites excluding steroid dienone is 1. The van der Waals surface area contributed by atoms with Crippen LogP contribution in [0.1, 0.15) is 5.76 Å². The molecule has 0 N–H and O–H groups in total. The van der Waals surface area contributed by atoms with Crippen molar-refractivity contribution in [3.63, 3.8) is 0 Å². The summed E-state index contributed by atoms with van der Waals surface area (Å²) in [6.07, 6.45) is 4.20. The lowest BCUT2D eigenvalue weighted by molar-refractivity contribution is -0.103. The Bertz CT molecular complexity index is 286. The molecule has 1 aromatic rings. The van der Waals surface area contributed by atoms with Crippen molar-refractivity contribution in [2.24, 2.45) is 0 Å². The molecule has 0 radical (unpaired) electrons. The van der Waals surface area contributed by atoms with Crippen molar-refractivity contribution in [1.29, 1.82) is 0 Å². The molecule has 3 nitrogen and oxygen atoms in total. The zero-order valence-electron chi connectivity index (χ0n) is 7.86. The molecule has 0 aliphatic carbocycles. The van der Waals surface area contributed by atoms with Crippen molar-refractivity contribution in [1.82, 2.24) is 4.90 Å². The van der Waals surface area contributed by atoms with Gasteiger partial charge in [0.25, 0.3) is 0 Å². The lowest BCUT2D eigenvalue weighted by atomic mass is 10.2. The van der Waals surface area contributed by atoms with E-state index in [1.165, 1.54) is 0 Å². The molecule has 0 saturated carbocycles. The summed E-state index contributed by atoms with van der Waals surface area (Å²) < 4.78 is 5.10. The van der Waals surface area contributed by atoms with Crippen LogP contribution in [0.4, 0.5) is 0 Å². The Kier molecular flexibility index (Phi) is 3.46. The highest BCUT2D eigenvalue weighted by molar-refractivity contribution is 6.05. The summed E-state index contributed by atoms with van der Waals surface area (Å²) in [6.45, 7) is 0.731. The molecule has 1 aromatic heterocycles. The summed E-state index contributed by atoms with van der Waals surface area (Å²) in [5.74, 6) is 0.622. The third kappa shape index (κ3) is 2.87. The van der Waals surface area contributed by atoms with Gasteiger partial charge in [0, 0.05) is 6.54 Å². The number of hydrogen-bond acceptors (Lipinski definition) is 3. The van der Waals surface area contributed by atoms with E-state index in [9.17, 15) is 4.79 Å². The lowest BCUT2D eigenvalue weighted by Gasteiger charge is -2.04. The fraction of sp³-hybridized carbons (Fsp3) is 0.300. The largest absolute Gasteiger partial charge is 0.464 e. The van der Waals surface area contributed by atoms with Crippen molar-refractivity contribution in [2.75, 3.05) is 20.6 Å². The smallest absolute Gasteiger partial charge is 0.153 e. The second-order valence-electron chi connectivity index (χ2n) is 3.02. The maximum absolute atomic E-state index is 10.7. The number of carbonyl (C=O) groups is 1. The van der Waals surface area contributed by atoms with Crippen molar-refractivity contribution in [3.8, 4) is 0 Å². The highest BCUT2D eigenvalue weighted by Gasteiger charge is 2.01. The van der Waals surface area contributed by atoms with Crippen LogP contribution in [0.3, 0.4) is 0 Å². The molecule has 0 aliphatic heterocycles. The van der Waals surface area contributed by atoms with Crippen LogP contribution >= 0.6 is 0 Å². The van der Waals surface area contributed by atoms with Crippen molar-refractivity contribution in [3.05, 3.63) is 30.2 Å². The van der Waals surface area contributed by atoms with Gasteiger partial charge in [-0.1, -0.05) is 6.08 Å². The first-order valence-corrected chi connectivity index (χ1v) is 4.08. The summed E-state index contributed by atoms with van der Waals surface area (Å²) in [5, 5.41) is 0. The molecule has 70 valence electrons. The first kappa shape index (κ1) is 9.74. The van der Waals surface area contributed by atoms with Crippen LogP contribution in [-0.4, -0.2) is 31.8 Å². The second kappa shape index (κ2) is 4.62. The molecule has 0 unspecified atom stereocenters. The molecule has 0 fully saturated rings. The van der Waals surface area contributed by atoms with Gasteiger partial charge in [-0.05, 0) is 26.2 Å². The molecule has 3 heteroatoms. The number of rotatable bonds is 4. The number of hydrogen-bond donors (Lipinski definition) is 0. The van der Waals surface area contributed by atoms with E-state index in [1.54, 1.807) is 18.4 Å². The Hall–Kier alpha value is -1.35. The number of nitrogens with zero attached hydrogens (tertiary/aromatic N) is 1. The van der Waals surface area contributed by atoms with Crippen LogP contribution in [-0.2, 0) is 4.79 Å². The fourth-order valence-electron chi connectivity index (χ4n) is 0.931. The van der Waals surface area contributed by atoms with Crippen molar-refractivity contribution >= 4 is 11.9 Å².